The standard InChI is InChI=1S/C16H17N3/c1-11-7-8-19(12(11)2)16-9-13(10-17)18-15-6-4-3-5-14(15)16/h3-6,9,11-12H,7-8H2,1-2H3. The van der Waals surface area contributed by atoms with Crippen LogP contribution >= 0.6 is 0 Å². The molecule has 0 aliphatic carbocycles. The fourth-order valence-electron chi connectivity index (χ4n) is 2.89. The van der Waals surface area contributed by atoms with Crippen LogP contribution in [0, 0.1) is 17.2 Å². The lowest BCUT2D eigenvalue weighted by molar-refractivity contribution is 0.546. The molecule has 0 radical (unpaired) electrons. The van der Waals surface area contributed by atoms with Crippen LogP contribution in [0.1, 0.15) is 26.0 Å². The Morgan fingerprint density at radius 2 is 2.11 bits per heavy atom. The molecule has 1 fully saturated rings. The van der Waals surface area contributed by atoms with Crippen molar-refractivity contribution >= 4 is 16.6 Å². The van der Waals surface area contributed by atoms with E-state index in [1.165, 1.54) is 6.42 Å². The topological polar surface area (TPSA) is 39.9 Å². The average Bonchev–Trinajstić information content (AvgIpc) is 2.78. The van der Waals surface area contributed by atoms with Gasteiger partial charge in [0.25, 0.3) is 0 Å². The molecule has 2 unspecified atom stereocenters. The number of rotatable bonds is 1. The fourth-order valence-corrected chi connectivity index (χ4v) is 2.89. The van der Waals surface area contributed by atoms with Crippen molar-refractivity contribution in [1.82, 2.24) is 4.98 Å². The number of para-hydroxylation sites is 1. The highest BCUT2D eigenvalue weighted by Gasteiger charge is 2.28. The third-order valence-corrected chi connectivity index (χ3v) is 4.26. The lowest BCUT2D eigenvalue weighted by Crippen LogP contribution is -2.29. The normalized spacial score (nSPS) is 22.7. The molecule has 1 aromatic carbocycles. The molecule has 0 saturated carbocycles. The molecule has 3 nitrogen and oxygen atoms in total. The van der Waals surface area contributed by atoms with Crippen molar-refractivity contribution in [3.63, 3.8) is 0 Å². The van der Waals surface area contributed by atoms with Gasteiger partial charge in [0.1, 0.15) is 11.8 Å². The summed E-state index contributed by atoms with van der Waals surface area (Å²) in [5, 5.41) is 10.3. The first-order chi connectivity index (χ1) is 9.20. The van der Waals surface area contributed by atoms with E-state index in [0.29, 0.717) is 17.7 Å². The van der Waals surface area contributed by atoms with Crippen LogP contribution in [0.2, 0.25) is 0 Å². The Morgan fingerprint density at radius 1 is 1.32 bits per heavy atom. The molecule has 2 atom stereocenters. The Morgan fingerprint density at radius 3 is 2.79 bits per heavy atom. The van der Waals surface area contributed by atoms with Crippen molar-refractivity contribution in [3.05, 3.63) is 36.0 Å². The highest BCUT2D eigenvalue weighted by molar-refractivity contribution is 5.92. The summed E-state index contributed by atoms with van der Waals surface area (Å²) in [6.07, 6.45) is 1.21. The fraction of sp³-hybridized carbons (Fsp3) is 0.375. The van der Waals surface area contributed by atoms with Crippen molar-refractivity contribution in [2.24, 2.45) is 5.92 Å². The first-order valence-corrected chi connectivity index (χ1v) is 6.77. The molecule has 3 heteroatoms. The Labute approximate surface area is 113 Å². The van der Waals surface area contributed by atoms with Gasteiger partial charge in [0.05, 0.1) is 5.52 Å². The molecule has 1 aliphatic heterocycles. The van der Waals surface area contributed by atoms with E-state index in [0.717, 1.165) is 23.1 Å². The first-order valence-electron chi connectivity index (χ1n) is 6.77. The SMILES string of the molecule is CC1CCN(c2cc(C#N)nc3ccccc23)C1C. The number of fused-ring (bicyclic) bond motifs is 1. The van der Waals surface area contributed by atoms with Crippen LogP contribution in [-0.2, 0) is 0 Å². The van der Waals surface area contributed by atoms with Crippen molar-refractivity contribution in [2.45, 2.75) is 26.3 Å². The summed E-state index contributed by atoms with van der Waals surface area (Å²) in [6.45, 7) is 5.61. The Kier molecular flexibility index (Phi) is 2.87. The van der Waals surface area contributed by atoms with Crippen LogP contribution in [0.25, 0.3) is 10.9 Å². The lowest BCUT2D eigenvalue weighted by atomic mass is 10.0. The van der Waals surface area contributed by atoms with Crippen molar-refractivity contribution in [2.75, 3.05) is 11.4 Å². The van der Waals surface area contributed by atoms with Crippen molar-refractivity contribution < 1.29 is 0 Å². The van der Waals surface area contributed by atoms with Crippen LogP contribution in [0.3, 0.4) is 0 Å². The third kappa shape index (κ3) is 1.94. The van der Waals surface area contributed by atoms with Gasteiger partial charge in [0.15, 0.2) is 0 Å². The molecule has 2 aromatic rings. The van der Waals surface area contributed by atoms with E-state index in [9.17, 15) is 0 Å². The van der Waals surface area contributed by atoms with Gasteiger partial charge in [-0.15, -0.1) is 0 Å². The van der Waals surface area contributed by atoms with Gasteiger partial charge >= 0.3 is 0 Å². The van der Waals surface area contributed by atoms with Gasteiger partial charge in [-0.25, -0.2) is 4.98 Å². The van der Waals surface area contributed by atoms with E-state index >= 15 is 0 Å². The predicted octanol–water partition coefficient (Wildman–Crippen LogP) is 3.34. The van der Waals surface area contributed by atoms with E-state index < -0.39 is 0 Å². The summed E-state index contributed by atoms with van der Waals surface area (Å²) < 4.78 is 0. The summed E-state index contributed by atoms with van der Waals surface area (Å²) in [6, 6.07) is 12.7. The largest absolute Gasteiger partial charge is 0.368 e. The lowest BCUT2D eigenvalue weighted by Gasteiger charge is -2.27. The van der Waals surface area contributed by atoms with Gasteiger partial charge < -0.3 is 4.90 Å². The van der Waals surface area contributed by atoms with Gasteiger partial charge in [0.2, 0.25) is 0 Å². The summed E-state index contributed by atoms with van der Waals surface area (Å²) in [5.41, 5.74) is 2.56. The molecule has 0 bridgehead atoms. The zero-order valence-electron chi connectivity index (χ0n) is 11.3. The van der Waals surface area contributed by atoms with Crippen molar-refractivity contribution in [1.29, 1.82) is 5.26 Å². The molecule has 1 saturated heterocycles. The van der Waals surface area contributed by atoms with Crippen LogP contribution in [0.5, 0.6) is 0 Å². The molecule has 96 valence electrons. The van der Waals surface area contributed by atoms with E-state index in [-0.39, 0.29) is 0 Å². The highest BCUT2D eigenvalue weighted by atomic mass is 15.2. The van der Waals surface area contributed by atoms with Crippen LogP contribution in [-0.4, -0.2) is 17.6 Å². The summed E-state index contributed by atoms with van der Waals surface area (Å²) in [7, 11) is 0. The van der Waals surface area contributed by atoms with Gasteiger partial charge in [0, 0.05) is 23.7 Å². The van der Waals surface area contributed by atoms with Crippen molar-refractivity contribution in [3.8, 4) is 6.07 Å². The number of pyridine rings is 1. The molecular weight excluding hydrogens is 234 g/mol. The Bertz CT molecular complexity index is 657. The quantitative estimate of drug-likeness (QED) is 0.780. The summed E-state index contributed by atoms with van der Waals surface area (Å²) in [5.74, 6) is 0.692. The number of aromatic nitrogens is 1. The second-order valence-corrected chi connectivity index (χ2v) is 5.36. The van der Waals surface area contributed by atoms with E-state index in [1.807, 2.05) is 24.3 Å². The number of hydrogen-bond acceptors (Lipinski definition) is 3. The number of benzene rings is 1. The van der Waals surface area contributed by atoms with Gasteiger partial charge in [-0.1, -0.05) is 25.1 Å². The minimum Gasteiger partial charge on any atom is -0.368 e. The molecule has 3 rings (SSSR count). The predicted molar refractivity (Wildman–Crippen MR) is 77.0 cm³/mol. The second kappa shape index (κ2) is 4.55. The molecular formula is C16H17N3. The number of nitrogens with zero attached hydrogens (tertiary/aromatic N) is 3. The molecule has 0 N–H and O–H groups in total. The Hall–Kier alpha value is -2.08. The zero-order chi connectivity index (χ0) is 13.4. The molecule has 1 aliphatic rings. The summed E-state index contributed by atoms with van der Waals surface area (Å²) in [4.78, 5) is 6.79. The van der Waals surface area contributed by atoms with E-state index in [2.05, 4.69) is 35.9 Å². The molecule has 19 heavy (non-hydrogen) atoms. The minimum absolute atomic E-state index is 0.500. The van der Waals surface area contributed by atoms with E-state index in [1.54, 1.807) is 0 Å². The van der Waals surface area contributed by atoms with Crippen LogP contribution in [0.15, 0.2) is 30.3 Å². The smallest absolute Gasteiger partial charge is 0.143 e. The van der Waals surface area contributed by atoms with E-state index in [4.69, 9.17) is 5.26 Å². The first kappa shape index (κ1) is 12.0. The maximum atomic E-state index is 9.15. The Balaban J connectivity index is 2.20. The third-order valence-electron chi connectivity index (χ3n) is 4.26. The number of nitriles is 1. The maximum absolute atomic E-state index is 9.15. The van der Waals surface area contributed by atoms with Gasteiger partial charge in [-0.2, -0.15) is 5.26 Å². The highest BCUT2D eigenvalue weighted by Crippen LogP contribution is 2.34. The van der Waals surface area contributed by atoms with Crippen LogP contribution < -0.4 is 4.90 Å². The molecule has 1 aromatic heterocycles. The molecule has 0 spiro atoms. The van der Waals surface area contributed by atoms with Gasteiger partial charge in [-0.05, 0) is 31.4 Å². The maximum Gasteiger partial charge on any atom is 0.143 e. The summed E-state index contributed by atoms with van der Waals surface area (Å²) >= 11 is 0. The number of hydrogen-bond donors (Lipinski definition) is 0. The minimum atomic E-state index is 0.500. The van der Waals surface area contributed by atoms with Gasteiger partial charge in [-0.3, -0.25) is 0 Å². The number of anilines is 1. The monoisotopic (exact) mass is 251 g/mol. The van der Waals surface area contributed by atoms with Crippen LogP contribution in [0.4, 0.5) is 5.69 Å². The second-order valence-electron chi connectivity index (χ2n) is 5.36. The molecule has 2 heterocycles. The average molecular weight is 251 g/mol. The zero-order valence-corrected chi connectivity index (χ0v) is 11.3. The molecule has 0 amide bonds.